The second kappa shape index (κ2) is 8.35. The molecule has 0 aliphatic rings. The summed E-state index contributed by atoms with van der Waals surface area (Å²) in [4.78, 5) is 35.7. The molecule has 2 heterocycles. The molecule has 0 aliphatic heterocycles. The maximum Gasteiger partial charge on any atom is 0.355 e. The van der Waals surface area contributed by atoms with Crippen LogP contribution in [0.1, 0.15) is 20.8 Å². The maximum atomic E-state index is 12.9. The number of nitro benzene ring substituents is 1. The van der Waals surface area contributed by atoms with Gasteiger partial charge in [0.2, 0.25) is 0 Å². The van der Waals surface area contributed by atoms with E-state index >= 15 is 0 Å². The minimum Gasteiger partial charge on any atom is -0.465 e. The van der Waals surface area contributed by atoms with Crippen LogP contribution in [-0.2, 0) is 9.47 Å². The van der Waals surface area contributed by atoms with Gasteiger partial charge in [0, 0.05) is 29.5 Å². The molecule has 0 spiro atoms. The Hall–Kier alpha value is -4.46. The van der Waals surface area contributed by atoms with Crippen molar-refractivity contribution in [2.24, 2.45) is 0 Å². The Morgan fingerprint density at radius 1 is 0.812 bits per heavy atom. The number of non-ortho nitro benzene ring substituents is 1. The van der Waals surface area contributed by atoms with E-state index in [0.717, 1.165) is 11.1 Å². The van der Waals surface area contributed by atoms with Gasteiger partial charge in [-0.2, -0.15) is 0 Å². The Labute approximate surface area is 182 Å². The minimum absolute atomic E-state index is 0.0635. The van der Waals surface area contributed by atoms with Gasteiger partial charge in [0.25, 0.3) is 5.69 Å². The molecule has 0 unspecified atom stereocenters. The van der Waals surface area contributed by atoms with Crippen molar-refractivity contribution in [3.63, 3.8) is 0 Å². The summed E-state index contributed by atoms with van der Waals surface area (Å²) in [7, 11) is 2.55. The van der Waals surface area contributed by atoms with Gasteiger partial charge in [0.05, 0.1) is 30.2 Å². The summed E-state index contributed by atoms with van der Waals surface area (Å²) in [6.07, 6.45) is 1.52. The smallest absolute Gasteiger partial charge is 0.355 e. The van der Waals surface area contributed by atoms with Crippen LogP contribution in [0.4, 0.5) is 5.69 Å². The number of carbonyl (C=O) groups is 2. The Bertz CT molecular complexity index is 1340. The molecule has 0 aliphatic carbocycles. The number of pyridine rings is 1. The van der Waals surface area contributed by atoms with Crippen molar-refractivity contribution < 1.29 is 24.0 Å². The van der Waals surface area contributed by atoms with Crippen LogP contribution >= 0.6 is 0 Å². The molecule has 4 rings (SSSR count). The molecule has 0 saturated heterocycles. The number of nitrogens with zero attached hydrogens (tertiary/aromatic N) is 2. The molecule has 0 radical (unpaired) electrons. The van der Waals surface area contributed by atoms with E-state index in [1.54, 1.807) is 28.7 Å². The highest BCUT2D eigenvalue weighted by molar-refractivity contribution is 6.07. The van der Waals surface area contributed by atoms with Gasteiger partial charge in [0.15, 0.2) is 0 Å². The van der Waals surface area contributed by atoms with Crippen molar-refractivity contribution in [3.8, 4) is 22.3 Å². The number of ether oxygens (including phenoxy) is 2. The zero-order chi connectivity index (χ0) is 22.8. The quantitative estimate of drug-likeness (QED) is 0.257. The highest BCUT2D eigenvalue weighted by Gasteiger charge is 2.27. The van der Waals surface area contributed by atoms with E-state index in [0.29, 0.717) is 16.6 Å². The van der Waals surface area contributed by atoms with E-state index in [-0.39, 0.29) is 16.9 Å². The summed E-state index contributed by atoms with van der Waals surface area (Å²) in [5.74, 6) is -1.16. The second-order valence-corrected chi connectivity index (χ2v) is 6.92. The van der Waals surface area contributed by atoms with Gasteiger partial charge in [-0.25, -0.2) is 9.59 Å². The van der Waals surface area contributed by atoms with Crippen molar-refractivity contribution in [1.82, 2.24) is 4.40 Å². The van der Waals surface area contributed by atoms with Gasteiger partial charge in [-0.15, -0.1) is 0 Å². The largest absolute Gasteiger partial charge is 0.465 e. The summed E-state index contributed by atoms with van der Waals surface area (Å²) in [5.41, 5.74) is 3.76. The lowest BCUT2D eigenvalue weighted by atomic mass is 9.95. The summed E-state index contributed by atoms with van der Waals surface area (Å²) in [6, 6.07) is 18.7. The van der Waals surface area contributed by atoms with E-state index in [9.17, 15) is 19.7 Å². The molecule has 8 nitrogen and oxygen atoms in total. The molecule has 0 saturated carbocycles. The van der Waals surface area contributed by atoms with Crippen LogP contribution in [0, 0.1) is 10.1 Å². The highest BCUT2D eigenvalue weighted by atomic mass is 16.6. The molecule has 0 N–H and O–H groups in total. The van der Waals surface area contributed by atoms with Crippen molar-refractivity contribution in [1.29, 1.82) is 0 Å². The molecule has 2 aromatic carbocycles. The Balaban J connectivity index is 2.12. The normalized spacial score (nSPS) is 10.7. The highest BCUT2D eigenvalue weighted by Crippen LogP contribution is 2.41. The third-order valence-electron chi connectivity index (χ3n) is 5.16. The fourth-order valence-electron chi connectivity index (χ4n) is 3.72. The van der Waals surface area contributed by atoms with Crippen LogP contribution in [0.5, 0.6) is 0 Å². The first-order valence-corrected chi connectivity index (χ1v) is 9.61. The number of methoxy groups -OCH3 is 2. The number of hydrogen-bond donors (Lipinski definition) is 0. The van der Waals surface area contributed by atoms with Crippen LogP contribution in [0.25, 0.3) is 27.8 Å². The number of nitro groups is 1. The lowest BCUT2D eigenvalue weighted by Crippen LogP contribution is -2.09. The fourth-order valence-corrected chi connectivity index (χ4v) is 3.72. The molecular formula is C24H18N2O6. The number of esters is 2. The standard InChI is InChI=1S/C24H18N2O6/c1-31-23(27)17-10-13-19-20(15-6-4-3-5-7-15)21(22(24(28)32-2)25(19)14-17)16-8-11-18(12-9-16)26(29)30/h3-14H,1-2H3. The molecule has 0 bridgehead atoms. The number of rotatable bonds is 5. The zero-order valence-corrected chi connectivity index (χ0v) is 17.3. The first-order valence-electron chi connectivity index (χ1n) is 9.61. The van der Waals surface area contributed by atoms with Crippen LogP contribution in [0.3, 0.4) is 0 Å². The minimum atomic E-state index is -0.613. The molecule has 4 aromatic rings. The molecule has 0 atom stereocenters. The number of hydrogen-bond acceptors (Lipinski definition) is 6. The monoisotopic (exact) mass is 430 g/mol. The summed E-state index contributed by atoms with van der Waals surface area (Å²) >= 11 is 0. The average Bonchev–Trinajstić information content (AvgIpc) is 3.18. The molecule has 160 valence electrons. The molecule has 32 heavy (non-hydrogen) atoms. The lowest BCUT2D eigenvalue weighted by molar-refractivity contribution is -0.384. The van der Waals surface area contributed by atoms with E-state index < -0.39 is 16.9 Å². The predicted molar refractivity (Wildman–Crippen MR) is 118 cm³/mol. The van der Waals surface area contributed by atoms with Gasteiger partial charge < -0.3 is 13.9 Å². The van der Waals surface area contributed by atoms with Gasteiger partial charge >= 0.3 is 11.9 Å². The fraction of sp³-hybridized carbons (Fsp3) is 0.0833. The number of fused-ring (bicyclic) bond motifs is 1. The predicted octanol–water partition coefficient (Wildman–Crippen LogP) is 4.75. The van der Waals surface area contributed by atoms with E-state index in [2.05, 4.69) is 0 Å². The third kappa shape index (κ3) is 3.47. The number of benzene rings is 2. The molecule has 0 amide bonds. The zero-order valence-electron chi connectivity index (χ0n) is 17.3. The molecule has 2 aromatic heterocycles. The van der Waals surface area contributed by atoms with Crippen LogP contribution in [0.2, 0.25) is 0 Å². The van der Waals surface area contributed by atoms with Gasteiger partial charge in [-0.1, -0.05) is 30.3 Å². The van der Waals surface area contributed by atoms with Crippen LogP contribution < -0.4 is 0 Å². The second-order valence-electron chi connectivity index (χ2n) is 6.92. The maximum absolute atomic E-state index is 12.9. The van der Waals surface area contributed by atoms with Crippen molar-refractivity contribution in [3.05, 3.63) is 94.3 Å². The van der Waals surface area contributed by atoms with Crippen molar-refractivity contribution >= 4 is 23.1 Å². The molecule has 8 heteroatoms. The Morgan fingerprint density at radius 2 is 1.44 bits per heavy atom. The first-order chi connectivity index (χ1) is 15.5. The van der Waals surface area contributed by atoms with Gasteiger partial charge in [-0.3, -0.25) is 10.1 Å². The number of aromatic nitrogens is 1. The van der Waals surface area contributed by atoms with Crippen molar-refractivity contribution in [2.75, 3.05) is 14.2 Å². The lowest BCUT2D eigenvalue weighted by Gasteiger charge is -2.08. The van der Waals surface area contributed by atoms with Crippen LogP contribution in [0.15, 0.2) is 72.9 Å². The topological polar surface area (TPSA) is 100 Å². The van der Waals surface area contributed by atoms with E-state index in [1.807, 2.05) is 30.3 Å². The Morgan fingerprint density at radius 3 is 2.03 bits per heavy atom. The average molecular weight is 430 g/mol. The van der Waals surface area contributed by atoms with Gasteiger partial charge in [0.1, 0.15) is 5.69 Å². The van der Waals surface area contributed by atoms with E-state index in [4.69, 9.17) is 9.47 Å². The van der Waals surface area contributed by atoms with Crippen LogP contribution in [-0.4, -0.2) is 35.5 Å². The Kier molecular flexibility index (Phi) is 5.43. The third-order valence-corrected chi connectivity index (χ3v) is 5.16. The first kappa shape index (κ1) is 20.8. The van der Waals surface area contributed by atoms with E-state index in [1.165, 1.54) is 32.5 Å². The van der Waals surface area contributed by atoms with Crippen molar-refractivity contribution in [2.45, 2.75) is 0 Å². The molecular weight excluding hydrogens is 412 g/mol. The van der Waals surface area contributed by atoms with Gasteiger partial charge in [-0.05, 0) is 35.4 Å². The molecule has 0 fully saturated rings. The summed E-state index contributed by atoms with van der Waals surface area (Å²) < 4.78 is 11.5. The number of carbonyl (C=O) groups excluding carboxylic acids is 2. The summed E-state index contributed by atoms with van der Waals surface area (Å²) in [6.45, 7) is 0. The SMILES string of the molecule is COC(=O)c1ccc2c(-c3ccccc3)c(-c3ccc([N+](=O)[O-])cc3)c(C(=O)OC)n2c1. The summed E-state index contributed by atoms with van der Waals surface area (Å²) in [5, 5.41) is 11.1.